The van der Waals surface area contributed by atoms with Crippen molar-refractivity contribution < 1.29 is 4.74 Å². The average Bonchev–Trinajstić information content (AvgIpc) is 3.06. The molecule has 0 saturated heterocycles. The molecule has 3 rings (SSSR count). The Bertz CT molecular complexity index is 620. The first-order chi connectivity index (χ1) is 9.67. The fourth-order valence-electron chi connectivity index (χ4n) is 3.03. The molecule has 1 unspecified atom stereocenters. The van der Waals surface area contributed by atoms with Crippen LogP contribution in [-0.2, 0) is 18.5 Å². The van der Waals surface area contributed by atoms with Gasteiger partial charge in [0.1, 0.15) is 5.75 Å². The number of benzene rings is 1. The molecule has 0 radical (unpaired) electrons. The highest BCUT2D eigenvalue weighted by molar-refractivity contribution is 5.49. The van der Waals surface area contributed by atoms with Crippen LogP contribution in [0.25, 0.3) is 0 Å². The van der Waals surface area contributed by atoms with Crippen LogP contribution >= 0.6 is 0 Å². The van der Waals surface area contributed by atoms with E-state index in [0.29, 0.717) is 0 Å². The van der Waals surface area contributed by atoms with Crippen LogP contribution < -0.4 is 10.5 Å². The zero-order valence-electron chi connectivity index (χ0n) is 12.1. The number of ether oxygens (including phenoxy) is 1. The number of aromatic nitrogens is 2. The number of hydrogen-bond acceptors (Lipinski definition) is 3. The number of nitrogens with zero attached hydrogens (tertiary/aromatic N) is 2. The Labute approximate surface area is 119 Å². The van der Waals surface area contributed by atoms with Crippen LogP contribution in [0.5, 0.6) is 5.75 Å². The number of rotatable bonds is 4. The summed E-state index contributed by atoms with van der Waals surface area (Å²) in [5.74, 6) is 0.862. The van der Waals surface area contributed by atoms with Crippen molar-refractivity contribution in [2.24, 2.45) is 5.73 Å². The van der Waals surface area contributed by atoms with Crippen LogP contribution in [0, 0.1) is 0 Å². The summed E-state index contributed by atoms with van der Waals surface area (Å²) >= 11 is 0. The molecule has 2 N–H and O–H groups in total. The van der Waals surface area contributed by atoms with Crippen molar-refractivity contribution in [3.05, 3.63) is 47.3 Å². The van der Waals surface area contributed by atoms with Gasteiger partial charge in [-0.05, 0) is 42.5 Å². The fraction of sp³-hybridized carbons (Fsp3) is 0.438. The van der Waals surface area contributed by atoms with E-state index in [1.165, 1.54) is 11.1 Å². The predicted molar refractivity (Wildman–Crippen MR) is 78.8 cm³/mol. The maximum absolute atomic E-state index is 6.72. The third kappa shape index (κ3) is 2.00. The number of fused-ring (bicyclic) bond motifs is 1. The Hall–Kier alpha value is -1.81. The number of methoxy groups -OCH3 is 1. The molecule has 4 nitrogen and oxygen atoms in total. The first-order valence-electron chi connectivity index (χ1n) is 7.16. The predicted octanol–water partition coefficient (Wildman–Crippen LogP) is 2.45. The molecule has 2 aromatic rings. The molecule has 1 atom stereocenters. The van der Waals surface area contributed by atoms with E-state index in [4.69, 9.17) is 10.5 Å². The number of hydrogen-bond donors (Lipinski definition) is 1. The molecule has 0 fully saturated rings. The second kappa shape index (κ2) is 4.94. The standard InChI is InChI=1S/C16H21N3O/c1-3-8-19-11-13(10-18-19)16(17)7-6-12-4-5-14(20-2)9-15(12)16/h4-5,9-11H,3,6-8,17H2,1-2H3. The van der Waals surface area contributed by atoms with Crippen molar-refractivity contribution in [1.82, 2.24) is 9.78 Å². The summed E-state index contributed by atoms with van der Waals surface area (Å²) in [7, 11) is 1.69. The Morgan fingerprint density at radius 2 is 2.30 bits per heavy atom. The third-order valence-electron chi connectivity index (χ3n) is 4.19. The van der Waals surface area contributed by atoms with Crippen LogP contribution in [-0.4, -0.2) is 16.9 Å². The van der Waals surface area contributed by atoms with E-state index in [-0.39, 0.29) is 0 Å². The van der Waals surface area contributed by atoms with Crippen LogP contribution in [0.2, 0.25) is 0 Å². The van der Waals surface area contributed by atoms with Crippen molar-refractivity contribution >= 4 is 0 Å². The van der Waals surface area contributed by atoms with Crippen molar-refractivity contribution in [2.75, 3.05) is 7.11 Å². The Morgan fingerprint density at radius 1 is 1.45 bits per heavy atom. The molecule has 0 bridgehead atoms. The van der Waals surface area contributed by atoms with E-state index < -0.39 is 5.54 Å². The second-order valence-corrected chi connectivity index (χ2v) is 5.49. The summed E-state index contributed by atoms with van der Waals surface area (Å²) in [4.78, 5) is 0. The van der Waals surface area contributed by atoms with Gasteiger partial charge in [0.15, 0.2) is 0 Å². The van der Waals surface area contributed by atoms with Gasteiger partial charge in [-0.25, -0.2) is 0 Å². The highest BCUT2D eigenvalue weighted by atomic mass is 16.5. The molecule has 1 aromatic heterocycles. The van der Waals surface area contributed by atoms with Gasteiger partial charge in [-0.2, -0.15) is 5.10 Å². The van der Waals surface area contributed by atoms with E-state index in [0.717, 1.165) is 37.1 Å². The molecule has 1 heterocycles. The minimum atomic E-state index is -0.435. The molecule has 0 amide bonds. The topological polar surface area (TPSA) is 53.1 Å². The molecular weight excluding hydrogens is 250 g/mol. The minimum absolute atomic E-state index is 0.435. The van der Waals surface area contributed by atoms with Crippen molar-refractivity contribution in [3.63, 3.8) is 0 Å². The summed E-state index contributed by atoms with van der Waals surface area (Å²) in [6.07, 6.45) is 6.99. The molecule has 1 aliphatic rings. The molecule has 0 spiro atoms. The van der Waals surface area contributed by atoms with Crippen LogP contribution in [0.3, 0.4) is 0 Å². The normalized spacial score (nSPS) is 20.9. The average molecular weight is 271 g/mol. The maximum atomic E-state index is 6.72. The SMILES string of the molecule is CCCn1cc(C2(N)CCc3ccc(OC)cc32)cn1. The molecule has 0 aliphatic heterocycles. The summed E-state index contributed by atoms with van der Waals surface area (Å²) in [5, 5.41) is 4.42. The van der Waals surface area contributed by atoms with Gasteiger partial charge in [0.05, 0.1) is 18.8 Å². The summed E-state index contributed by atoms with van der Waals surface area (Å²) in [6.45, 7) is 3.08. The zero-order chi connectivity index (χ0) is 14.2. The van der Waals surface area contributed by atoms with Crippen molar-refractivity contribution in [1.29, 1.82) is 0 Å². The molecule has 4 heteroatoms. The third-order valence-corrected chi connectivity index (χ3v) is 4.19. The molecule has 106 valence electrons. The summed E-state index contributed by atoms with van der Waals surface area (Å²) in [5.41, 5.74) is 9.87. The fourth-order valence-corrected chi connectivity index (χ4v) is 3.03. The van der Waals surface area contributed by atoms with Crippen molar-refractivity contribution in [2.45, 2.75) is 38.3 Å². The van der Waals surface area contributed by atoms with Gasteiger partial charge in [-0.1, -0.05) is 13.0 Å². The summed E-state index contributed by atoms with van der Waals surface area (Å²) in [6, 6.07) is 6.20. The lowest BCUT2D eigenvalue weighted by Crippen LogP contribution is -2.35. The first kappa shape index (κ1) is 13.2. The van der Waals surface area contributed by atoms with Gasteiger partial charge in [0, 0.05) is 18.3 Å². The lowest BCUT2D eigenvalue weighted by atomic mass is 9.87. The van der Waals surface area contributed by atoms with Gasteiger partial charge >= 0.3 is 0 Å². The smallest absolute Gasteiger partial charge is 0.119 e. The molecule has 0 saturated carbocycles. The largest absolute Gasteiger partial charge is 0.497 e. The van der Waals surface area contributed by atoms with Crippen LogP contribution in [0.15, 0.2) is 30.6 Å². The monoisotopic (exact) mass is 271 g/mol. The van der Waals surface area contributed by atoms with Gasteiger partial charge in [0.2, 0.25) is 0 Å². The Balaban J connectivity index is 2.01. The molecule has 20 heavy (non-hydrogen) atoms. The number of aryl methyl sites for hydroxylation is 2. The summed E-state index contributed by atoms with van der Waals surface area (Å²) < 4.78 is 7.31. The van der Waals surface area contributed by atoms with Gasteiger partial charge < -0.3 is 10.5 Å². The van der Waals surface area contributed by atoms with Crippen LogP contribution in [0.1, 0.15) is 36.5 Å². The quantitative estimate of drug-likeness (QED) is 0.929. The van der Waals surface area contributed by atoms with E-state index in [2.05, 4.69) is 30.4 Å². The lowest BCUT2D eigenvalue weighted by molar-refractivity contribution is 0.413. The first-order valence-corrected chi connectivity index (χ1v) is 7.16. The minimum Gasteiger partial charge on any atom is -0.497 e. The second-order valence-electron chi connectivity index (χ2n) is 5.49. The van der Waals surface area contributed by atoms with Gasteiger partial charge in [0.25, 0.3) is 0 Å². The zero-order valence-corrected chi connectivity index (χ0v) is 12.1. The molecule has 1 aromatic carbocycles. The van der Waals surface area contributed by atoms with E-state index in [9.17, 15) is 0 Å². The Kier molecular flexibility index (Phi) is 3.26. The van der Waals surface area contributed by atoms with Gasteiger partial charge in [-0.3, -0.25) is 4.68 Å². The van der Waals surface area contributed by atoms with Crippen LogP contribution in [0.4, 0.5) is 0 Å². The highest BCUT2D eigenvalue weighted by Gasteiger charge is 2.37. The van der Waals surface area contributed by atoms with E-state index >= 15 is 0 Å². The maximum Gasteiger partial charge on any atom is 0.119 e. The Morgan fingerprint density at radius 3 is 3.05 bits per heavy atom. The van der Waals surface area contributed by atoms with Gasteiger partial charge in [-0.15, -0.1) is 0 Å². The van der Waals surface area contributed by atoms with E-state index in [1.807, 2.05) is 16.9 Å². The number of nitrogens with two attached hydrogens (primary N) is 1. The molecular formula is C16H21N3O. The highest BCUT2D eigenvalue weighted by Crippen LogP contribution is 2.41. The van der Waals surface area contributed by atoms with Crippen molar-refractivity contribution in [3.8, 4) is 5.75 Å². The lowest BCUT2D eigenvalue weighted by Gasteiger charge is -2.24. The molecule has 1 aliphatic carbocycles. The van der Waals surface area contributed by atoms with E-state index in [1.54, 1.807) is 7.11 Å².